The van der Waals surface area contributed by atoms with E-state index >= 15 is 0 Å². The Morgan fingerprint density at radius 1 is 0.811 bits per heavy atom. The second-order valence-electron chi connectivity index (χ2n) is 7.94. The van der Waals surface area contributed by atoms with Crippen LogP contribution in [0.15, 0.2) is 48.5 Å². The number of thioether (sulfide) groups is 1. The van der Waals surface area contributed by atoms with Gasteiger partial charge in [0.25, 0.3) is 0 Å². The van der Waals surface area contributed by atoms with Gasteiger partial charge in [-0.05, 0) is 40.1 Å². The van der Waals surface area contributed by atoms with E-state index in [1.807, 2.05) is 24.3 Å². The van der Waals surface area contributed by atoms with E-state index in [1.54, 1.807) is 23.9 Å². The summed E-state index contributed by atoms with van der Waals surface area (Å²) < 4.78 is 13.3. The Balaban J connectivity index is 1.12. The van der Waals surface area contributed by atoms with Gasteiger partial charge in [0.15, 0.2) is 0 Å². The lowest BCUT2D eigenvalue weighted by Crippen LogP contribution is -2.14. The van der Waals surface area contributed by atoms with E-state index < -0.39 is 0 Å². The van der Waals surface area contributed by atoms with Crippen LogP contribution in [0.1, 0.15) is 21.1 Å². The zero-order valence-corrected chi connectivity index (χ0v) is 23.3. The molecule has 4 rings (SSSR count). The van der Waals surface area contributed by atoms with Crippen molar-refractivity contribution in [2.45, 2.75) is 25.7 Å². The third-order valence-corrected chi connectivity index (χ3v) is 8.06. The maximum absolute atomic E-state index is 13.3. The van der Waals surface area contributed by atoms with Crippen LogP contribution in [0.25, 0.3) is 0 Å². The molecule has 4 aromatic rings. The Bertz CT molecular complexity index is 1260. The number of aromatic nitrogens is 4. The highest BCUT2D eigenvalue weighted by Crippen LogP contribution is 2.20. The van der Waals surface area contributed by atoms with Crippen molar-refractivity contribution < 1.29 is 14.0 Å². The number of nitrogens with one attached hydrogen (secondary N) is 2. The molecule has 1 unspecified atom stereocenters. The van der Waals surface area contributed by atoms with Crippen LogP contribution in [0, 0.1) is 5.82 Å². The largest absolute Gasteiger partial charge is 0.300 e. The number of carbonyl (C=O) groups is 2. The van der Waals surface area contributed by atoms with Crippen LogP contribution >= 0.6 is 43.7 Å². The predicted molar refractivity (Wildman–Crippen MR) is 151 cm³/mol. The van der Waals surface area contributed by atoms with Crippen LogP contribution in [0.2, 0.25) is 0 Å². The first-order valence-electron chi connectivity index (χ1n) is 11.3. The van der Waals surface area contributed by atoms with Crippen LogP contribution in [0.3, 0.4) is 0 Å². The van der Waals surface area contributed by atoms with Gasteiger partial charge in [-0.3, -0.25) is 9.59 Å². The summed E-state index contributed by atoms with van der Waals surface area (Å²) in [6.07, 6.45) is 1.85. The molecule has 0 spiro atoms. The number of amides is 2. The van der Waals surface area contributed by atoms with E-state index in [9.17, 15) is 14.0 Å². The van der Waals surface area contributed by atoms with E-state index in [-0.39, 0.29) is 30.5 Å². The number of benzene rings is 2. The quantitative estimate of drug-likeness (QED) is 0.195. The molecule has 0 fully saturated rings. The Morgan fingerprint density at radius 2 is 1.35 bits per heavy atom. The van der Waals surface area contributed by atoms with Crippen LogP contribution in [0.4, 0.5) is 14.7 Å². The minimum absolute atomic E-state index is 0.0749. The summed E-state index contributed by atoms with van der Waals surface area (Å²) in [5.74, 6) is 0.967. The normalized spacial score (nSPS) is 10.9. The number of aryl methyl sites for hydroxylation is 2. The number of anilines is 2. The summed E-state index contributed by atoms with van der Waals surface area (Å²) in [6, 6.07) is 13.7. The molecule has 37 heavy (non-hydrogen) atoms. The van der Waals surface area contributed by atoms with Crippen LogP contribution in [0.5, 0.6) is 0 Å². The second-order valence-corrected chi connectivity index (χ2v) is 12.0. The Labute approximate surface area is 228 Å². The summed E-state index contributed by atoms with van der Waals surface area (Å²) in [5, 5.41) is 25.6. The van der Waals surface area contributed by atoms with Crippen molar-refractivity contribution in [3.05, 3.63) is 75.5 Å². The molecule has 0 radical (unpaired) electrons. The van der Waals surface area contributed by atoms with Gasteiger partial charge in [0.2, 0.25) is 22.1 Å². The smallest absolute Gasteiger partial charge is 0.230 e. The molecule has 0 bridgehead atoms. The average Bonchev–Trinajstić information content (AvgIpc) is 3.48. The second kappa shape index (κ2) is 13.7. The number of rotatable bonds is 12. The van der Waals surface area contributed by atoms with E-state index in [4.69, 9.17) is 0 Å². The third-order valence-electron chi connectivity index (χ3n) is 4.92. The summed E-state index contributed by atoms with van der Waals surface area (Å²) >= 11 is 4.48. The van der Waals surface area contributed by atoms with Gasteiger partial charge < -0.3 is 10.6 Å². The molecule has 192 valence electrons. The minimum Gasteiger partial charge on any atom is -0.300 e. The summed E-state index contributed by atoms with van der Waals surface area (Å²) in [5.41, 5.74) is 1.55. The Morgan fingerprint density at radius 3 is 1.89 bits per heavy atom. The van der Waals surface area contributed by atoms with Gasteiger partial charge in [0.1, 0.15) is 15.8 Å². The molecule has 0 aliphatic rings. The molecule has 13 heteroatoms. The van der Waals surface area contributed by atoms with Crippen molar-refractivity contribution >= 4 is 71.1 Å². The third kappa shape index (κ3) is 9.23. The standard InChI is InChI=1S/C24H24FN6O2PS3/c25-17-5-1-3-15(11-17)13-19(32)26-23-30-28-21(36-23)7-9-35-10-8-22-29-31-24(37-22)27-20(33)14-16-4-2-6-18(34)12-16/h1-6,11-12H,7-10,13-14,34H2,(H,26,30,32)(H,27,31,33). The highest BCUT2D eigenvalue weighted by molar-refractivity contribution is 7.99. The lowest BCUT2D eigenvalue weighted by molar-refractivity contribution is -0.116. The van der Waals surface area contributed by atoms with Gasteiger partial charge in [0, 0.05) is 12.8 Å². The van der Waals surface area contributed by atoms with Crippen LogP contribution in [-0.2, 0) is 35.3 Å². The molecule has 2 aromatic carbocycles. The molecule has 0 saturated carbocycles. The van der Waals surface area contributed by atoms with Gasteiger partial charge in [0.05, 0.1) is 12.8 Å². The summed E-state index contributed by atoms with van der Waals surface area (Å²) in [6.45, 7) is 0. The van der Waals surface area contributed by atoms with Crippen molar-refractivity contribution in [3.63, 3.8) is 0 Å². The molecule has 2 N–H and O–H groups in total. The summed E-state index contributed by atoms with van der Waals surface area (Å²) in [4.78, 5) is 24.4. The topological polar surface area (TPSA) is 110 Å². The molecule has 8 nitrogen and oxygen atoms in total. The molecule has 2 aromatic heterocycles. The fraction of sp³-hybridized carbons (Fsp3) is 0.250. The van der Waals surface area contributed by atoms with Crippen molar-refractivity contribution in [3.8, 4) is 0 Å². The monoisotopic (exact) mass is 574 g/mol. The predicted octanol–water partition coefficient (Wildman–Crippen LogP) is 3.91. The maximum atomic E-state index is 13.3. The van der Waals surface area contributed by atoms with Gasteiger partial charge in [-0.2, -0.15) is 11.8 Å². The van der Waals surface area contributed by atoms with Gasteiger partial charge >= 0.3 is 0 Å². The summed E-state index contributed by atoms with van der Waals surface area (Å²) in [7, 11) is 2.63. The zero-order chi connectivity index (χ0) is 26.0. The average molecular weight is 575 g/mol. The first-order chi connectivity index (χ1) is 17.9. The van der Waals surface area contributed by atoms with Gasteiger partial charge in [-0.25, -0.2) is 4.39 Å². The Kier molecular flexibility index (Phi) is 10.1. The first kappa shape index (κ1) is 27.3. The molecule has 1 atom stereocenters. The lowest BCUT2D eigenvalue weighted by atomic mass is 10.1. The number of halogens is 1. The first-order valence-corrected chi connectivity index (χ1v) is 14.7. The molecule has 2 heterocycles. The minimum atomic E-state index is -0.368. The van der Waals surface area contributed by atoms with E-state index in [1.165, 1.54) is 34.8 Å². The number of nitrogens with zero attached hydrogens (tertiary/aromatic N) is 4. The molecule has 0 saturated heterocycles. The number of hydrogen-bond acceptors (Lipinski definition) is 9. The molecular weight excluding hydrogens is 550 g/mol. The zero-order valence-electron chi connectivity index (χ0n) is 19.6. The highest BCUT2D eigenvalue weighted by Gasteiger charge is 2.11. The van der Waals surface area contributed by atoms with Crippen molar-refractivity contribution in [1.82, 2.24) is 20.4 Å². The van der Waals surface area contributed by atoms with Crippen LogP contribution < -0.4 is 15.9 Å². The van der Waals surface area contributed by atoms with Gasteiger partial charge in [-0.1, -0.05) is 59.1 Å². The number of hydrogen-bond donors (Lipinski definition) is 2. The van der Waals surface area contributed by atoms with E-state index in [0.29, 0.717) is 15.8 Å². The van der Waals surface area contributed by atoms with E-state index in [0.717, 1.165) is 45.2 Å². The van der Waals surface area contributed by atoms with Gasteiger partial charge in [-0.15, -0.1) is 29.6 Å². The van der Waals surface area contributed by atoms with Crippen LogP contribution in [-0.4, -0.2) is 43.7 Å². The highest BCUT2D eigenvalue weighted by atomic mass is 32.2. The molecular formula is C24H24FN6O2PS3. The molecule has 0 aliphatic heterocycles. The van der Waals surface area contributed by atoms with E-state index in [2.05, 4.69) is 40.3 Å². The molecule has 2 amide bonds. The lowest BCUT2D eigenvalue weighted by Gasteiger charge is -2.02. The maximum Gasteiger partial charge on any atom is 0.230 e. The fourth-order valence-corrected chi connectivity index (χ4v) is 6.25. The fourth-order valence-electron chi connectivity index (χ4n) is 3.28. The van der Waals surface area contributed by atoms with Crippen molar-refractivity contribution in [2.75, 3.05) is 22.1 Å². The van der Waals surface area contributed by atoms with Crippen molar-refractivity contribution in [2.24, 2.45) is 0 Å². The number of carbonyl (C=O) groups excluding carboxylic acids is 2. The SMILES string of the molecule is O=C(Cc1cccc(F)c1)Nc1nnc(CCSCCc2nnc(NC(=O)Cc3cccc(P)c3)s2)s1. The van der Waals surface area contributed by atoms with Crippen molar-refractivity contribution in [1.29, 1.82) is 0 Å². The Hall–Kier alpha value is -2.79. The molecule has 0 aliphatic carbocycles.